The minimum Gasteiger partial charge on any atom is -0.371 e. The second-order valence-electron chi connectivity index (χ2n) is 9.14. The molecule has 0 amide bonds. The van der Waals surface area contributed by atoms with Gasteiger partial charge in [0, 0.05) is 62.8 Å². The standard InChI is InChI=1S/C23H25N7OS/c1-14(28-24-2)25-22-21-20(7-8-32(21)31)26-23(27-22)30-12-17-10-29(11-18(17)13-30)19-6-5-15-3-4-16(15)9-19/h5-6,9,17-18H,3-4,7-8,10-13H2,1H3,(H,25,26,27,28). The molecule has 32 heavy (non-hydrogen) atoms. The first-order valence-electron chi connectivity index (χ1n) is 11.2. The van der Waals surface area contributed by atoms with Crippen LogP contribution in [0.25, 0.3) is 4.95 Å². The van der Waals surface area contributed by atoms with Crippen LogP contribution in [0, 0.1) is 18.4 Å². The summed E-state index contributed by atoms with van der Waals surface area (Å²) in [4.78, 5) is 18.1. The third-order valence-electron chi connectivity index (χ3n) is 7.16. The zero-order chi connectivity index (χ0) is 21.8. The highest BCUT2D eigenvalue weighted by molar-refractivity contribution is 7.85. The monoisotopic (exact) mass is 447 g/mol. The van der Waals surface area contributed by atoms with E-state index in [0.717, 1.165) is 31.9 Å². The fourth-order valence-electron chi connectivity index (χ4n) is 5.43. The summed E-state index contributed by atoms with van der Waals surface area (Å²) in [6.07, 6.45) is 3.14. The highest BCUT2D eigenvalue weighted by atomic mass is 32.2. The van der Waals surface area contributed by atoms with E-state index in [1.165, 1.54) is 29.7 Å². The first-order valence-corrected chi connectivity index (χ1v) is 12.5. The molecule has 4 aliphatic rings. The van der Waals surface area contributed by atoms with Crippen molar-refractivity contribution in [2.24, 2.45) is 16.9 Å². The first kappa shape index (κ1) is 19.7. The Morgan fingerprint density at radius 3 is 2.56 bits per heavy atom. The molecule has 9 heteroatoms. The van der Waals surface area contributed by atoms with Crippen LogP contribution in [0.15, 0.2) is 28.2 Å². The van der Waals surface area contributed by atoms with Crippen molar-refractivity contribution >= 4 is 34.1 Å². The molecule has 3 atom stereocenters. The lowest BCUT2D eigenvalue weighted by atomic mass is 9.88. The average molecular weight is 448 g/mol. The molecule has 0 saturated carbocycles. The number of anilines is 3. The third-order valence-corrected chi connectivity index (χ3v) is 8.62. The largest absolute Gasteiger partial charge is 0.371 e. The fourth-order valence-corrected chi connectivity index (χ4v) is 6.73. The molecular formula is C23H25N7OS. The Morgan fingerprint density at radius 1 is 1.12 bits per heavy atom. The average Bonchev–Trinajstić information content (AvgIpc) is 3.42. The van der Waals surface area contributed by atoms with E-state index in [9.17, 15) is 4.21 Å². The molecule has 8 nitrogen and oxygen atoms in total. The topological polar surface area (TPSA) is 78.1 Å². The van der Waals surface area contributed by atoms with Crippen molar-refractivity contribution in [2.75, 3.05) is 47.0 Å². The minimum atomic E-state index is -1.11. The van der Waals surface area contributed by atoms with Gasteiger partial charge in [-0.2, -0.15) is 11.6 Å². The molecule has 2 aromatic rings. The van der Waals surface area contributed by atoms with Crippen LogP contribution in [0.5, 0.6) is 0 Å². The van der Waals surface area contributed by atoms with Crippen molar-refractivity contribution in [3.63, 3.8) is 0 Å². The van der Waals surface area contributed by atoms with Gasteiger partial charge in [-0.25, -0.2) is 4.98 Å². The van der Waals surface area contributed by atoms with Crippen LogP contribution in [-0.4, -0.2) is 51.9 Å². The van der Waals surface area contributed by atoms with Gasteiger partial charge in [-0.1, -0.05) is 6.07 Å². The molecule has 164 valence electrons. The fraction of sp³-hybridized carbons (Fsp3) is 0.478. The van der Waals surface area contributed by atoms with E-state index in [4.69, 9.17) is 16.5 Å². The van der Waals surface area contributed by atoms with Crippen molar-refractivity contribution in [1.82, 2.24) is 9.97 Å². The van der Waals surface area contributed by atoms with E-state index in [0.29, 0.717) is 46.5 Å². The predicted octanol–water partition coefficient (Wildman–Crippen LogP) is 2.48. The zero-order valence-corrected chi connectivity index (χ0v) is 18.9. The summed E-state index contributed by atoms with van der Waals surface area (Å²) in [7, 11) is -1.11. The Balaban J connectivity index is 1.21. The molecule has 0 radical (unpaired) electrons. The van der Waals surface area contributed by atoms with Gasteiger partial charge in [0.05, 0.1) is 16.5 Å². The molecular weight excluding hydrogens is 422 g/mol. The molecule has 3 aliphatic heterocycles. The Bertz CT molecular complexity index is 1190. The lowest BCUT2D eigenvalue weighted by molar-refractivity contribution is 0.533. The van der Waals surface area contributed by atoms with Gasteiger partial charge >= 0.3 is 0 Å². The SMILES string of the molecule is [C-]#[N+]/N=C(/C)Nc1nc(N2CC3CN(c4ccc5c(c4)CC5)CC3C2)nc2c1S(=O)CC2. The van der Waals surface area contributed by atoms with Gasteiger partial charge in [0.2, 0.25) is 5.95 Å². The van der Waals surface area contributed by atoms with E-state index in [-0.39, 0.29) is 0 Å². The lowest BCUT2D eigenvalue weighted by Crippen LogP contribution is -2.30. The summed E-state index contributed by atoms with van der Waals surface area (Å²) < 4.78 is 12.5. The van der Waals surface area contributed by atoms with Crippen LogP contribution in [-0.2, 0) is 30.1 Å². The maximum atomic E-state index is 12.5. The number of rotatable bonds is 3. The molecule has 4 heterocycles. The quantitative estimate of drug-likeness (QED) is 0.337. The highest BCUT2D eigenvalue weighted by Gasteiger charge is 2.41. The molecule has 6 rings (SSSR count). The third kappa shape index (κ3) is 3.25. The summed E-state index contributed by atoms with van der Waals surface area (Å²) in [6.45, 7) is 12.7. The van der Waals surface area contributed by atoms with Crippen molar-refractivity contribution < 1.29 is 4.21 Å². The van der Waals surface area contributed by atoms with Gasteiger partial charge in [0.25, 0.3) is 0 Å². The molecule has 1 aromatic carbocycles. The van der Waals surface area contributed by atoms with Crippen molar-refractivity contribution in [3.8, 4) is 0 Å². The summed E-state index contributed by atoms with van der Waals surface area (Å²) in [5.74, 6) is 3.43. The van der Waals surface area contributed by atoms with E-state index in [2.05, 4.69) is 43.4 Å². The number of hydrogen-bond acceptors (Lipinski definition) is 6. The molecule has 1 aromatic heterocycles. The van der Waals surface area contributed by atoms with E-state index in [1.54, 1.807) is 6.92 Å². The maximum absolute atomic E-state index is 12.5. The lowest BCUT2D eigenvalue weighted by Gasteiger charge is -2.26. The van der Waals surface area contributed by atoms with Crippen LogP contribution >= 0.6 is 0 Å². The van der Waals surface area contributed by atoms with Crippen LogP contribution in [0.2, 0.25) is 0 Å². The van der Waals surface area contributed by atoms with E-state index >= 15 is 0 Å². The van der Waals surface area contributed by atoms with Crippen molar-refractivity contribution in [3.05, 3.63) is 46.5 Å². The number of aryl methyl sites for hydroxylation is 3. The molecule has 0 spiro atoms. The van der Waals surface area contributed by atoms with E-state index in [1.807, 2.05) is 0 Å². The van der Waals surface area contributed by atoms with Gasteiger partial charge in [0.1, 0.15) is 10.00 Å². The summed E-state index contributed by atoms with van der Waals surface area (Å²) in [6, 6.07) is 6.96. The number of aromatic nitrogens is 2. The first-order chi connectivity index (χ1) is 15.6. The molecule has 0 bridgehead atoms. The Morgan fingerprint density at radius 2 is 1.88 bits per heavy atom. The van der Waals surface area contributed by atoms with Crippen LogP contribution in [0.1, 0.15) is 23.7 Å². The highest BCUT2D eigenvalue weighted by Crippen LogP contribution is 2.38. The van der Waals surface area contributed by atoms with Crippen molar-refractivity contribution in [1.29, 1.82) is 0 Å². The van der Waals surface area contributed by atoms with Gasteiger partial charge in [-0.3, -0.25) is 4.21 Å². The van der Waals surface area contributed by atoms with E-state index < -0.39 is 10.8 Å². The second kappa shape index (κ2) is 7.55. The van der Waals surface area contributed by atoms with Crippen molar-refractivity contribution in [2.45, 2.75) is 31.1 Å². The summed E-state index contributed by atoms with van der Waals surface area (Å²) >= 11 is 0. The number of nitrogens with zero attached hydrogens (tertiary/aromatic N) is 6. The summed E-state index contributed by atoms with van der Waals surface area (Å²) in [5, 5.41) is 6.80. The predicted molar refractivity (Wildman–Crippen MR) is 126 cm³/mol. The van der Waals surface area contributed by atoms with Crippen LogP contribution in [0.3, 0.4) is 0 Å². The molecule has 2 saturated heterocycles. The normalized spacial score (nSPS) is 25.8. The van der Waals surface area contributed by atoms with Gasteiger partial charge in [0.15, 0.2) is 11.7 Å². The Hall–Kier alpha value is -2.99. The van der Waals surface area contributed by atoms with Gasteiger partial charge in [-0.05, 0) is 36.1 Å². The Labute approximate surface area is 190 Å². The summed E-state index contributed by atoms with van der Waals surface area (Å²) in [5.41, 5.74) is 5.24. The smallest absolute Gasteiger partial charge is 0.227 e. The second-order valence-corrected chi connectivity index (χ2v) is 10.6. The number of hydrogen-bond donors (Lipinski definition) is 1. The number of amidine groups is 1. The number of fused-ring (bicyclic) bond motifs is 3. The van der Waals surface area contributed by atoms with Gasteiger partial charge < -0.3 is 15.1 Å². The van der Waals surface area contributed by atoms with Crippen LogP contribution < -0.4 is 15.1 Å². The Kier molecular flexibility index (Phi) is 4.65. The maximum Gasteiger partial charge on any atom is 0.227 e. The minimum absolute atomic E-state index is 0.447. The molecule has 3 unspecified atom stereocenters. The number of nitrogens with one attached hydrogen (secondary N) is 1. The molecule has 1 N–H and O–H groups in total. The van der Waals surface area contributed by atoms with Gasteiger partial charge in [-0.15, -0.1) is 4.95 Å². The molecule has 1 aliphatic carbocycles. The molecule has 2 fully saturated rings. The number of benzene rings is 1. The van der Waals surface area contributed by atoms with Crippen LogP contribution in [0.4, 0.5) is 17.5 Å². The zero-order valence-electron chi connectivity index (χ0n) is 18.0.